The average Bonchev–Trinajstić information content (AvgIpc) is 2.78. The van der Waals surface area contributed by atoms with E-state index in [4.69, 9.17) is 9.73 Å². The molecule has 0 saturated heterocycles. The largest absolute Gasteiger partial charge is 0.466 e. The Hall–Kier alpha value is -3.01. The van der Waals surface area contributed by atoms with Gasteiger partial charge in [0.2, 0.25) is 0 Å². The van der Waals surface area contributed by atoms with E-state index in [-0.39, 0.29) is 17.6 Å². The lowest BCUT2D eigenvalue weighted by atomic mass is 9.66. The molecule has 2 aromatic rings. The van der Waals surface area contributed by atoms with Crippen LogP contribution in [0.2, 0.25) is 0 Å². The lowest BCUT2D eigenvalue weighted by molar-refractivity contribution is -0.136. The van der Waals surface area contributed by atoms with Crippen molar-refractivity contribution in [3.63, 3.8) is 0 Å². The van der Waals surface area contributed by atoms with Gasteiger partial charge in [-0.3, -0.25) is 9.79 Å². The zero-order valence-corrected chi connectivity index (χ0v) is 17.7. The van der Waals surface area contributed by atoms with Crippen LogP contribution in [0.25, 0.3) is 0 Å². The van der Waals surface area contributed by atoms with Crippen LogP contribution in [0.3, 0.4) is 0 Å². The number of aliphatic imine (C=N–C) groups is 1. The molecule has 0 amide bonds. The minimum Gasteiger partial charge on any atom is -0.466 e. The van der Waals surface area contributed by atoms with Crippen molar-refractivity contribution in [3.05, 3.63) is 82.6 Å². The molecule has 1 aliphatic heterocycles. The molecule has 1 aliphatic carbocycles. The Kier molecular flexibility index (Phi) is 5.67. The van der Waals surface area contributed by atoms with E-state index < -0.39 is 11.9 Å². The van der Waals surface area contributed by atoms with E-state index in [0.29, 0.717) is 17.7 Å². The normalized spacial score (nSPS) is 23.6. The van der Waals surface area contributed by atoms with Crippen molar-refractivity contribution in [1.82, 2.24) is 0 Å². The summed E-state index contributed by atoms with van der Waals surface area (Å²) >= 11 is 0. The predicted molar refractivity (Wildman–Crippen MR) is 118 cm³/mol. The van der Waals surface area contributed by atoms with Crippen molar-refractivity contribution in [1.29, 1.82) is 0 Å². The number of Topliss-reactive ketones (excluding diaryl/α,β-unsaturated/α-hetero) is 1. The van der Waals surface area contributed by atoms with Crippen LogP contribution in [0.5, 0.6) is 0 Å². The van der Waals surface area contributed by atoms with E-state index in [1.54, 1.807) is 0 Å². The molecule has 2 aliphatic rings. The second-order valence-electron chi connectivity index (χ2n) is 8.13. The third-order valence-corrected chi connectivity index (χ3v) is 6.38. The number of carbonyl (C=O) groups is 2. The van der Waals surface area contributed by atoms with Gasteiger partial charge in [0.25, 0.3) is 0 Å². The lowest BCUT2D eigenvalue weighted by Gasteiger charge is -2.38. The molecular formula is C26H27NO3. The Morgan fingerprint density at radius 2 is 1.70 bits per heavy atom. The van der Waals surface area contributed by atoms with Crippen molar-refractivity contribution in [2.45, 2.75) is 44.9 Å². The van der Waals surface area contributed by atoms with E-state index in [9.17, 15) is 9.59 Å². The molecule has 0 N–H and O–H groups in total. The van der Waals surface area contributed by atoms with Gasteiger partial charge in [-0.05, 0) is 42.4 Å². The summed E-state index contributed by atoms with van der Waals surface area (Å²) in [7, 11) is 1.38. The minimum absolute atomic E-state index is 0.129. The number of methoxy groups -OCH3 is 1. The number of esters is 1. The molecule has 1 unspecified atom stereocenters. The number of carbonyl (C=O) groups excluding carboxylic acids is 2. The van der Waals surface area contributed by atoms with Crippen LogP contribution < -0.4 is 0 Å². The third kappa shape index (κ3) is 3.62. The molecule has 154 valence electrons. The van der Waals surface area contributed by atoms with Crippen LogP contribution in [0.1, 0.15) is 55.2 Å². The number of hydrogen-bond acceptors (Lipinski definition) is 4. The Morgan fingerprint density at radius 3 is 2.33 bits per heavy atom. The number of rotatable bonds is 4. The van der Waals surface area contributed by atoms with Crippen LogP contribution in [-0.2, 0) is 20.7 Å². The standard InChI is InChI=1S/C26H27NO3/c1-4-17-10-12-19(13-11-17)24-23(26(29)30-3)16(2)27-21-14-20(15-22(28)25(21)24)18-8-6-5-7-9-18/h5-13,20,24-25H,4,14-15H2,1-3H3/t20-,24-,25?/m1/s1. The van der Waals surface area contributed by atoms with Crippen molar-refractivity contribution < 1.29 is 14.3 Å². The summed E-state index contributed by atoms with van der Waals surface area (Å²) in [6, 6.07) is 18.4. The fourth-order valence-corrected chi connectivity index (χ4v) is 4.83. The van der Waals surface area contributed by atoms with Gasteiger partial charge in [0.05, 0.1) is 18.6 Å². The summed E-state index contributed by atoms with van der Waals surface area (Å²) < 4.78 is 5.08. The molecule has 4 heteroatoms. The first kappa shape index (κ1) is 20.3. The van der Waals surface area contributed by atoms with Gasteiger partial charge in [-0.2, -0.15) is 0 Å². The minimum atomic E-state index is -0.407. The Balaban J connectivity index is 1.78. The molecule has 3 atom stereocenters. The van der Waals surface area contributed by atoms with Gasteiger partial charge in [-0.1, -0.05) is 61.5 Å². The van der Waals surface area contributed by atoms with Gasteiger partial charge < -0.3 is 4.74 Å². The first-order chi connectivity index (χ1) is 14.5. The summed E-state index contributed by atoms with van der Waals surface area (Å²) in [5.41, 5.74) is 5.39. The number of benzene rings is 2. The predicted octanol–water partition coefficient (Wildman–Crippen LogP) is 5.00. The Labute approximate surface area is 177 Å². The quantitative estimate of drug-likeness (QED) is 0.678. The van der Waals surface area contributed by atoms with Crippen LogP contribution in [0, 0.1) is 5.92 Å². The van der Waals surface area contributed by atoms with Crippen LogP contribution in [0.15, 0.2) is 70.9 Å². The van der Waals surface area contributed by atoms with E-state index >= 15 is 0 Å². The summed E-state index contributed by atoms with van der Waals surface area (Å²) in [5, 5.41) is 0. The monoisotopic (exact) mass is 401 g/mol. The van der Waals surface area contributed by atoms with E-state index in [0.717, 1.165) is 29.7 Å². The molecule has 1 fully saturated rings. The van der Waals surface area contributed by atoms with Crippen molar-refractivity contribution >= 4 is 17.5 Å². The smallest absolute Gasteiger partial charge is 0.336 e. The molecular weight excluding hydrogens is 374 g/mol. The maximum atomic E-state index is 13.4. The zero-order valence-electron chi connectivity index (χ0n) is 17.7. The van der Waals surface area contributed by atoms with Gasteiger partial charge in [-0.25, -0.2) is 4.79 Å². The second-order valence-corrected chi connectivity index (χ2v) is 8.13. The summed E-state index contributed by atoms with van der Waals surface area (Å²) in [5.74, 6) is -0.884. The Bertz CT molecular complexity index is 1020. The van der Waals surface area contributed by atoms with Crippen molar-refractivity contribution in [3.8, 4) is 0 Å². The van der Waals surface area contributed by atoms with Gasteiger partial charge in [0.15, 0.2) is 0 Å². The topological polar surface area (TPSA) is 55.7 Å². The average molecular weight is 402 g/mol. The first-order valence-corrected chi connectivity index (χ1v) is 10.6. The molecule has 0 aromatic heterocycles. The molecule has 1 heterocycles. The molecule has 0 radical (unpaired) electrons. The number of allylic oxidation sites excluding steroid dienone is 1. The lowest BCUT2D eigenvalue weighted by Crippen LogP contribution is -2.41. The van der Waals surface area contributed by atoms with Crippen LogP contribution in [-0.4, -0.2) is 24.6 Å². The maximum absolute atomic E-state index is 13.4. The highest BCUT2D eigenvalue weighted by Gasteiger charge is 2.45. The molecule has 2 aromatic carbocycles. The van der Waals surface area contributed by atoms with Crippen LogP contribution in [0.4, 0.5) is 0 Å². The molecule has 1 saturated carbocycles. The molecule has 0 bridgehead atoms. The number of aryl methyl sites for hydroxylation is 1. The number of fused-ring (bicyclic) bond motifs is 1. The first-order valence-electron chi connectivity index (χ1n) is 10.6. The fraction of sp³-hybridized carbons (Fsp3) is 0.346. The summed E-state index contributed by atoms with van der Waals surface area (Å²) in [4.78, 5) is 30.9. The highest BCUT2D eigenvalue weighted by molar-refractivity contribution is 6.12. The highest BCUT2D eigenvalue weighted by Crippen LogP contribution is 2.45. The zero-order chi connectivity index (χ0) is 21.3. The van der Waals surface area contributed by atoms with Gasteiger partial charge in [0, 0.05) is 23.7 Å². The summed E-state index contributed by atoms with van der Waals surface area (Å²) in [6.45, 7) is 3.96. The molecule has 4 nitrogen and oxygen atoms in total. The number of hydrogen-bond donors (Lipinski definition) is 0. The van der Waals surface area contributed by atoms with E-state index in [2.05, 4.69) is 31.2 Å². The van der Waals surface area contributed by atoms with Crippen molar-refractivity contribution in [2.24, 2.45) is 10.9 Å². The molecule has 0 spiro atoms. The van der Waals surface area contributed by atoms with Gasteiger partial charge >= 0.3 is 5.97 Å². The van der Waals surface area contributed by atoms with E-state index in [1.807, 2.05) is 37.3 Å². The number of nitrogens with zero attached hydrogens (tertiary/aromatic N) is 1. The second kappa shape index (κ2) is 8.39. The van der Waals surface area contributed by atoms with Gasteiger partial charge in [-0.15, -0.1) is 0 Å². The molecule has 4 rings (SSSR count). The summed E-state index contributed by atoms with van der Waals surface area (Å²) in [6.07, 6.45) is 2.14. The van der Waals surface area contributed by atoms with Gasteiger partial charge in [0.1, 0.15) is 5.78 Å². The van der Waals surface area contributed by atoms with Crippen molar-refractivity contribution in [2.75, 3.05) is 7.11 Å². The van der Waals surface area contributed by atoms with E-state index in [1.165, 1.54) is 12.7 Å². The highest BCUT2D eigenvalue weighted by atomic mass is 16.5. The third-order valence-electron chi connectivity index (χ3n) is 6.38. The molecule has 30 heavy (non-hydrogen) atoms. The number of ether oxygens (including phenoxy) is 1. The maximum Gasteiger partial charge on any atom is 0.336 e. The van der Waals surface area contributed by atoms with Crippen LogP contribution >= 0.6 is 0 Å². The number of ketones is 1. The fourth-order valence-electron chi connectivity index (χ4n) is 4.83. The SMILES string of the molecule is CCc1ccc([C@@H]2C(C(=O)OC)=C(C)N=C3C[C@@H](c4ccccc4)CC(=O)C32)cc1. The Morgan fingerprint density at radius 1 is 1.00 bits per heavy atom.